The lowest BCUT2D eigenvalue weighted by atomic mass is 10.0. The summed E-state index contributed by atoms with van der Waals surface area (Å²) < 4.78 is 11.5. The second-order valence-electron chi connectivity index (χ2n) is 7.04. The summed E-state index contributed by atoms with van der Waals surface area (Å²) in [6.45, 7) is 5.52. The average molecular weight is 341 g/mol. The fourth-order valence-electron chi connectivity index (χ4n) is 3.58. The van der Waals surface area contributed by atoms with Crippen molar-refractivity contribution in [2.24, 2.45) is 0 Å². The third-order valence-electron chi connectivity index (χ3n) is 4.96. The quantitative estimate of drug-likeness (QED) is 0.859. The summed E-state index contributed by atoms with van der Waals surface area (Å²) in [5.74, 6) is 1.31. The van der Waals surface area contributed by atoms with Crippen molar-refractivity contribution in [2.75, 3.05) is 19.7 Å². The molecule has 1 amide bonds. The van der Waals surface area contributed by atoms with E-state index in [0.29, 0.717) is 31.5 Å². The first-order chi connectivity index (χ1) is 12.1. The van der Waals surface area contributed by atoms with Crippen LogP contribution in [0.1, 0.15) is 65.6 Å². The number of hydrogen-bond donors (Lipinski definition) is 0. The molecule has 0 radical (unpaired) electrons. The van der Waals surface area contributed by atoms with E-state index in [1.807, 2.05) is 30.9 Å². The Morgan fingerprint density at radius 2 is 2.16 bits per heavy atom. The maximum atomic E-state index is 13.1. The molecule has 0 spiro atoms. The van der Waals surface area contributed by atoms with Crippen LogP contribution in [-0.2, 0) is 17.6 Å². The van der Waals surface area contributed by atoms with Crippen molar-refractivity contribution < 1.29 is 13.9 Å². The lowest BCUT2D eigenvalue weighted by Gasteiger charge is -2.31. The molecule has 2 heterocycles. The molecule has 1 aliphatic heterocycles. The van der Waals surface area contributed by atoms with E-state index in [4.69, 9.17) is 9.15 Å². The minimum absolute atomic E-state index is 0.0793. The van der Waals surface area contributed by atoms with Crippen molar-refractivity contribution >= 4 is 5.91 Å². The lowest BCUT2D eigenvalue weighted by Crippen LogP contribution is -2.42. The van der Waals surface area contributed by atoms with Crippen molar-refractivity contribution in [3.8, 4) is 0 Å². The van der Waals surface area contributed by atoms with E-state index >= 15 is 0 Å². The Labute approximate surface area is 147 Å². The number of aromatic nitrogens is 2. The molecule has 1 saturated heterocycles. The minimum Gasteiger partial charge on any atom is -0.422 e. The van der Waals surface area contributed by atoms with Crippen molar-refractivity contribution in [1.82, 2.24) is 15.1 Å². The topological polar surface area (TPSA) is 68.5 Å². The highest BCUT2D eigenvalue weighted by molar-refractivity contribution is 5.96. The van der Waals surface area contributed by atoms with Crippen LogP contribution >= 0.6 is 0 Å². The Kier molecular flexibility index (Phi) is 4.29. The van der Waals surface area contributed by atoms with Crippen LogP contribution in [0.5, 0.6) is 0 Å². The van der Waals surface area contributed by atoms with Gasteiger partial charge in [0.25, 0.3) is 5.91 Å². The number of rotatable bonds is 3. The largest absolute Gasteiger partial charge is 0.422 e. The Bertz CT molecular complexity index is 784. The van der Waals surface area contributed by atoms with E-state index in [1.165, 1.54) is 11.1 Å². The lowest BCUT2D eigenvalue weighted by molar-refractivity contribution is -0.0351. The molecule has 25 heavy (non-hydrogen) atoms. The summed E-state index contributed by atoms with van der Waals surface area (Å²) >= 11 is 0. The van der Waals surface area contributed by atoms with Gasteiger partial charge in [0.15, 0.2) is 6.10 Å². The smallest absolute Gasteiger partial charge is 0.254 e. The highest BCUT2D eigenvalue weighted by Gasteiger charge is 2.31. The van der Waals surface area contributed by atoms with Crippen LogP contribution in [0.2, 0.25) is 0 Å². The molecule has 2 aliphatic rings. The van der Waals surface area contributed by atoms with Gasteiger partial charge in [-0.2, -0.15) is 0 Å². The zero-order chi connectivity index (χ0) is 17.4. The van der Waals surface area contributed by atoms with Gasteiger partial charge < -0.3 is 14.1 Å². The van der Waals surface area contributed by atoms with E-state index in [0.717, 1.165) is 24.8 Å². The number of hydrogen-bond acceptors (Lipinski definition) is 5. The van der Waals surface area contributed by atoms with E-state index in [2.05, 4.69) is 16.3 Å². The summed E-state index contributed by atoms with van der Waals surface area (Å²) in [6.07, 6.45) is 2.84. The molecule has 1 fully saturated rings. The van der Waals surface area contributed by atoms with E-state index < -0.39 is 0 Å². The molecule has 1 atom stereocenters. The number of amides is 1. The fraction of sp³-hybridized carbons (Fsp3) is 0.526. The van der Waals surface area contributed by atoms with Gasteiger partial charge in [-0.15, -0.1) is 10.2 Å². The molecular weight excluding hydrogens is 318 g/mol. The van der Waals surface area contributed by atoms with Crippen LogP contribution in [0.15, 0.2) is 22.6 Å². The highest BCUT2D eigenvalue weighted by Crippen LogP contribution is 2.28. The van der Waals surface area contributed by atoms with Crippen LogP contribution < -0.4 is 0 Å². The Hall–Kier alpha value is -2.21. The molecule has 0 bridgehead atoms. The third-order valence-corrected chi connectivity index (χ3v) is 4.96. The van der Waals surface area contributed by atoms with E-state index in [9.17, 15) is 4.79 Å². The van der Waals surface area contributed by atoms with Gasteiger partial charge in [-0.1, -0.05) is 26.0 Å². The minimum atomic E-state index is -0.352. The molecule has 0 saturated carbocycles. The zero-order valence-corrected chi connectivity index (χ0v) is 14.7. The third kappa shape index (κ3) is 3.06. The van der Waals surface area contributed by atoms with Gasteiger partial charge in [-0.3, -0.25) is 4.79 Å². The number of morpholine rings is 1. The number of carbonyl (C=O) groups excluding carboxylic acids is 1. The summed E-state index contributed by atoms with van der Waals surface area (Å²) in [5, 5.41) is 8.17. The normalized spacial score (nSPS) is 20.1. The van der Waals surface area contributed by atoms with Crippen LogP contribution in [0.3, 0.4) is 0 Å². The van der Waals surface area contributed by atoms with Gasteiger partial charge in [-0.25, -0.2) is 0 Å². The van der Waals surface area contributed by atoms with E-state index in [1.54, 1.807) is 0 Å². The molecule has 1 aromatic heterocycles. The highest BCUT2D eigenvalue weighted by atomic mass is 16.5. The molecule has 1 aromatic carbocycles. The predicted molar refractivity (Wildman–Crippen MR) is 91.5 cm³/mol. The summed E-state index contributed by atoms with van der Waals surface area (Å²) in [5.41, 5.74) is 3.37. The first kappa shape index (κ1) is 16.3. The zero-order valence-electron chi connectivity index (χ0n) is 14.7. The van der Waals surface area contributed by atoms with Crippen LogP contribution in [0, 0.1) is 0 Å². The van der Waals surface area contributed by atoms with Crippen molar-refractivity contribution in [3.63, 3.8) is 0 Å². The number of aryl methyl sites for hydroxylation is 1. The number of ether oxygens (including phenoxy) is 1. The van der Waals surface area contributed by atoms with Crippen molar-refractivity contribution in [2.45, 2.75) is 45.1 Å². The monoisotopic (exact) mass is 341 g/mol. The van der Waals surface area contributed by atoms with E-state index in [-0.39, 0.29) is 17.9 Å². The number of carbonyl (C=O) groups is 1. The van der Waals surface area contributed by atoms with Gasteiger partial charge in [-0.05, 0) is 36.5 Å². The first-order valence-electron chi connectivity index (χ1n) is 8.98. The van der Waals surface area contributed by atoms with Crippen molar-refractivity contribution in [1.29, 1.82) is 0 Å². The van der Waals surface area contributed by atoms with Crippen LogP contribution in [-0.4, -0.2) is 40.7 Å². The van der Waals surface area contributed by atoms with Gasteiger partial charge in [0, 0.05) is 18.0 Å². The summed E-state index contributed by atoms with van der Waals surface area (Å²) in [4.78, 5) is 14.9. The maximum absolute atomic E-state index is 13.1. The van der Waals surface area contributed by atoms with Crippen molar-refractivity contribution in [3.05, 3.63) is 46.7 Å². The second kappa shape index (κ2) is 6.59. The Morgan fingerprint density at radius 1 is 1.28 bits per heavy atom. The van der Waals surface area contributed by atoms with Gasteiger partial charge in [0.1, 0.15) is 0 Å². The Balaban J connectivity index is 1.53. The molecule has 6 nitrogen and oxygen atoms in total. The van der Waals surface area contributed by atoms with Crippen LogP contribution in [0.4, 0.5) is 0 Å². The molecular formula is C19H23N3O3. The standard InChI is InChI=1S/C19H23N3O3/c1-12(2)17-20-21-18(25-17)16-11-22(9-10-24-16)19(23)15-8-4-6-13-5-3-7-14(13)15/h4,6,8,12,16H,3,5,7,9-11H2,1-2H3. The van der Waals surface area contributed by atoms with Gasteiger partial charge >= 0.3 is 0 Å². The molecule has 132 valence electrons. The Morgan fingerprint density at radius 3 is 2.96 bits per heavy atom. The molecule has 0 N–H and O–H groups in total. The number of fused-ring (bicyclic) bond motifs is 1. The molecule has 1 unspecified atom stereocenters. The fourth-order valence-corrected chi connectivity index (χ4v) is 3.58. The SMILES string of the molecule is CC(C)c1nnc(C2CN(C(=O)c3cccc4c3CCC4)CCO2)o1. The number of benzene rings is 1. The molecule has 6 heteroatoms. The molecule has 2 aromatic rings. The van der Waals surface area contributed by atoms with Gasteiger partial charge in [0.05, 0.1) is 13.2 Å². The average Bonchev–Trinajstić information content (AvgIpc) is 3.30. The number of nitrogens with zero attached hydrogens (tertiary/aromatic N) is 3. The summed E-state index contributed by atoms with van der Waals surface area (Å²) in [7, 11) is 0. The molecule has 1 aliphatic carbocycles. The summed E-state index contributed by atoms with van der Waals surface area (Å²) in [6, 6.07) is 6.07. The maximum Gasteiger partial charge on any atom is 0.254 e. The predicted octanol–water partition coefficient (Wildman–Crippen LogP) is 2.90. The first-order valence-corrected chi connectivity index (χ1v) is 8.98. The van der Waals surface area contributed by atoms with Crippen LogP contribution in [0.25, 0.3) is 0 Å². The molecule has 4 rings (SSSR count). The second-order valence-corrected chi connectivity index (χ2v) is 7.04. The van der Waals surface area contributed by atoms with Gasteiger partial charge in [0.2, 0.25) is 11.8 Å².